The molecule has 1 saturated carbocycles. The zero-order chi connectivity index (χ0) is 7.97. The number of hydrogen-bond acceptors (Lipinski definition) is 1. The third-order valence-electron chi connectivity index (χ3n) is 2.95. The SMILES string of the molecule is [c]1ccc(C2CCC3OC32)cc1. The summed E-state index contributed by atoms with van der Waals surface area (Å²) < 4.78 is 5.51. The van der Waals surface area contributed by atoms with Crippen molar-refractivity contribution in [3.8, 4) is 0 Å². The Hall–Kier alpha value is -0.820. The largest absolute Gasteiger partial charge is 0.369 e. The number of ether oxygens (including phenoxy) is 1. The highest BCUT2D eigenvalue weighted by molar-refractivity contribution is 5.24. The summed E-state index contributed by atoms with van der Waals surface area (Å²) in [5.74, 6) is 0.671. The Morgan fingerprint density at radius 1 is 1.25 bits per heavy atom. The summed E-state index contributed by atoms with van der Waals surface area (Å²) in [7, 11) is 0. The van der Waals surface area contributed by atoms with Crippen LogP contribution in [-0.4, -0.2) is 12.2 Å². The second-order valence-corrected chi connectivity index (χ2v) is 3.66. The summed E-state index contributed by atoms with van der Waals surface area (Å²) in [5, 5.41) is 0. The van der Waals surface area contributed by atoms with Crippen LogP contribution >= 0.6 is 0 Å². The molecule has 2 aliphatic rings. The van der Waals surface area contributed by atoms with Gasteiger partial charge in [-0.2, -0.15) is 0 Å². The monoisotopic (exact) mass is 159 g/mol. The van der Waals surface area contributed by atoms with Gasteiger partial charge in [0.2, 0.25) is 0 Å². The summed E-state index contributed by atoms with van der Waals surface area (Å²) >= 11 is 0. The van der Waals surface area contributed by atoms with Gasteiger partial charge in [0.15, 0.2) is 0 Å². The standard InChI is InChI=1S/C11H11O/c1-2-4-8(5-3-1)9-6-7-10-11(9)12-10/h2-5,9-11H,6-7H2. The molecule has 61 valence electrons. The molecule has 3 unspecified atom stereocenters. The van der Waals surface area contributed by atoms with Gasteiger partial charge in [-0.1, -0.05) is 24.3 Å². The second kappa shape index (κ2) is 2.33. The second-order valence-electron chi connectivity index (χ2n) is 3.66. The molecule has 1 heteroatoms. The van der Waals surface area contributed by atoms with E-state index in [4.69, 9.17) is 4.74 Å². The van der Waals surface area contributed by atoms with Crippen molar-refractivity contribution < 1.29 is 4.74 Å². The topological polar surface area (TPSA) is 12.5 Å². The third-order valence-corrected chi connectivity index (χ3v) is 2.95. The van der Waals surface area contributed by atoms with Gasteiger partial charge in [0.05, 0.1) is 12.2 Å². The first kappa shape index (κ1) is 6.67. The maximum absolute atomic E-state index is 5.51. The van der Waals surface area contributed by atoms with E-state index >= 15 is 0 Å². The zero-order valence-electron chi connectivity index (χ0n) is 6.86. The van der Waals surface area contributed by atoms with Gasteiger partial charge in [0.25, 0.3) is 0 Å². The van der Waals surface area contributed by atoms with E-state index in [1.165, 1.54) is 18.4 Å². The summed E-state index contributed by atoms with van der Waals surface area (Å²) in [6, 6.07) is 11.3. The number of hydrogen-bond donors (Lipinski definition) is 0. The molecule has 0 spiro atoms. The highest BCUT2D eigenvalue weighted by atomic mass is 16.6. The van der Waals surface area contributed by atoms with Crippen molar-refractivity contribution in [1.82, 2.24) is 0 Å². The molecule has 3 atom stereocenters. The van der Waals surface area contributed by atoms with E-state index in [2.05, 4.69) is 18.2 Å². The molecular weight excluding hydrogens is 148 g/mol. The van der Waals surface area contributed by atoms with E-state index in [-0.39, 0.29) is 0 Å². The minimum Gasteiger partial charge on any atom is -0.369 e. The van der Waals surface area contributed by atoms with Gasteiger partial charge in [0.1, 0.15) is 0 Å². The predicted molar refractivity (Wildman–Crippen MR) is 45.9 cm³/mol. The average Bonchev–Trinajstić information content (AvgIpc) is 2.80. The average molecular weight is 159 g/mol. The molecule has 1 heterocycles. The van der Waals surface area contributed by atoms with Crippen LogP contribution in [0.1, 0.15) is 24.3 Å². The Kier molecular flexibility index (Phi) is 1.30. The molecule has 2 fully saturated rings. The van der Waals surface area contributed by atoms with Crippen molar-refractivity contribution in [2.24, 2.45) is 0 Å². The Morgan fingerprint density at radius 2 is 2.08 bits per heavy atom. The molecule has 1 aliphatic heterocycles. The molecule has 1 aromatic carbocycles. The van der Waals surface area contributed by atoms with Crippen molar-refractivity contribution in [2.75, 3.05) is 0 Å². The van der Waals surface area contributed by atoms with Gasteiger partial charge >= 0.3 is 0 Å². The third kappa shape index (κ3) is 0.896. The Balaban J connectivity index is 1.89. The molecule has 1 aromatic rings. The van der Waals surface area contributed by atoms with E-state index < -0.39 is 0 Å². The van der Waals surface area contributed by atoms with E-state index in [1.807, 2.05) is 12.1 Å². The Bertz CT molecular complexity index is 280. The lowest BCUT2D eigenvalue weighted by Crippen LogP contribution is -2.00. The fourth-order valence-corrected chi connectivity index (χ4v) is 2.25. The molecule has 12 heavy (non-hydrogen) atoms. The fourth-order valence-electron chi connectivity index (χ4n) is 2.25. The highest BCUT2D eigenvalue weighted by Gasteiger charge is 2.50. The zero-order valence-corrected chi connectivity index (χ0v) is 6.86. The molecule has 1 saturated heterocycles. The van der Waals surface area contributed by atoms with E-state index in [0.717, 1.165) is 0 Å². The van der Waals surface area contributed by atoms with Crippen molar-refractivity contribution in [1.29, 1.82) is 0 Å². The molecule has 0 bridgehead atoms. The van der Waals surface area contributed by atoms with Crippen LogP contribution in [0.25, 0.3) is 0 Å². The van der Waals surface area contributed by atoms with Crippen molar-refractivity contribution in [2.45, 2.75) is 31.0 Å². The van der Waals surface area contributed by atoms with Gasteiger partial charge in [-0.05, 0) is 24.5 Å². The molecule has 1 aliphatic carbocycles. The quantitative estimate of drug-likeness (QED) is 0.572. The summed E-state index contributed by atoms with van der Waals surface area (Å²) in [5.41, 5.74) is 1.43. The summed E-state index contributed by atoms with van der Waals surface area (Å²) in [6.07, 6.45) is 3.71. The van der Waals surface area contributed by atoms with E-state index in [0.29, 0.717) is 18.1 Å². The van der Waals surface area contributed by atoms with Crippen LogP contribution in [0.5, 0.6) is 0 Å². The van der Waals surface area contributed by atoms with Crippen LogP contribution in [0, 0.1) is 6.07 Å². The molecule has 3 rings (SSSR count). The molecule has 1 radical (unpaired) electrons. The van der Waals surface area contributed by atoms with Crippen LogP contribution in [0.3, 0.4) is 0 Å². The normalized spacial score (nSPS) is 37.8. The maximum Gasteiger partial charge on any atom is 0.0910 e. The Morgan fingerprint density at radius 3 is 2.67 bits per heavy atom. The van der Waals surface area contributed by atoms with E-state index in [9.17, 15) is 0 Å². The smallest absolute Gasteiger partial charge is 0.0910 e. The van der Waals surface area contributed by atoms with Crippen LogP contribution < -0.4 is 0 Å². The number of fused-ring (bicyclic) bond motifs is 1. The predicted octanol–water partition coefficient (Wildman–Crippen LogP) is 2.13. The minimum atomic E-state index is 0.549. The van der Waals surface area contributed by atoms with Gasteiger partial charge in [-0.3, -0.25) is 0 Å². The van der Waals surface area contributed by atoms with Crippen molar-refractivity contribution >= 4 is 0 Å². The van der Waals surface area contributed by atoms with E-state index in [1.54, 1.807) is 0 Å². The number of rotatable bonds is 1. The van der Waals surface area contributed by atoms with Crippen LogP contribution in [0.4, 0.5) is 0 Å². The van der Waals surface area contributed by atoms with Crippen LogP contribution in [0.15, 0.2) is 24.3 Å². The molecule has 1 nitrogen and oxygen atoms in total. The van der Waals surface area contributed by atoms with Gasteiger partial charge in [-0.25, -0.2) is 0 Å². The highest BCUT2D eigenvalue weighted by Crippen LogP contribution is 2.48. The van der Waals surface area contributed by atoms with Gasteiger partial charge < -0.3 is 4.74 Å². The van der Waals surface area contributed by atoms with Gasteiger partial charge in [-0.15, -0.1) is 0 Å². The van der Waals surface area contributed by atoms with Crippen molar-refractivity contribution in [3.05, 3.63) is 35.9 Å². The first-order valence-corrected chi connectivity index (χ1v) is 4.56. The molecule has 0 N–H and O–H groups in total. The molecular formula is C11H11O. The summed E-state index contributed by atoms with van der Waals surface area (Å²) in [6.45, 7) is 0. The van der Waals surface area contributed by atoms with Gasteiger partial charge in [0, 0.05) is 5.92 Å². The maximum atomic E-state index is 5.51. The minimum absolute atomic E-state index is 0.549. The van der Waals surface area contributed by atoms with Crippen LogP contribution in [-0.2, 0) is 4.74 Å². The van der Waals surface area contributed by atoms with Crippen molar-refractivity contribution in [3.63, 3.8) is 0 Å². The lowest BCUT2D eigenvalue weighted by atomic mass is 9.97. The molecule has 0 aromatic heterocycles. The Labute approximate surface area is 72.4 Å². The number of benzene rings is 1. The first-order chi connectivity index (χ1) is 5.95. The molecule has 0 amide bonds. The summed E-state index contributed by atoms with van der Waals surface area (Å²) in [4.78, 5) is 0. The lowest BCUT2D eigenvalue weighted by molar-refractivity contribution is 0.301. The number of epoxide rings is 1. The lowest BCUT2D eigenvalue weighted by Gasteiger charge is -2.09. The fraction of sp³-hybridized carbons (Fsp3) is 0.455. The van der Waals surface area contributed by atoms with Crippen LogP contribution in [0.2, 0.25) is 0 Å². The first-order valence-electron chi connectivity index (χ1n) is 4.56.